The number of fused-ring (bicyclic) bond motifs is 1. The van der Waals surface area contributed by atoms with Gasteiger partial charge in [0.25, 0.3) is 0 Å². The molecule has 0 fully saturated rings. The van der Waals surface area contributed by atoms with Crippen molar-refractivity contribution in [1.82, 2.24) is 3.97 Å². The molecule has 0 aliphatic heterocycles. The van der Waals surface area contributed by atoms with Crippen LogP contribution >= 0.6 is 11.6 Å². The fourth-order valence-electron chi connectivity index (χ4n) is 2.79. The molecule has 0 bridgehead atoms. The van der Waals surface area contributed by atoms with Gasteiger partial charge in [-0.3, -0.25) is 0 Å². The standard InChI is InChI=1S/C17H16ClNO4S2/c1-24(20,21)19-11-16(17-14(10-18)8-5-9-15(17)19)25(22,23)12-13-6-3-2-4-7-13/h2-9,11H,10,12H2,1H3. The molecule has 0 unspecified atom stereocenters. The van der Waals surface area contributed by atoms with Gasteiger partial charge >= 0.3 is 0 Å². The second-order valence-corrected chi connectivity index (χ2v) is 9.83. The molecule has 0 aliphatic carbocycles. The molecule has 1 aromatic heterocycles. The van der Waals surface area contributed by atoms with Gasteiger partial charge in [-0.15, -0.1) is 11.6 Å². The number of aromatic nitrogens is 1. The van der Waals surface area contributed by atoms with E-state index >= 15 is 0 Å². The van der Waals surface area contributed by atoms with E-state index in [9.17, 15) is 16.8 Å². The van der Waals surface area contributed by atoms with Gasteiger partial charge in [0.15, 0.2) is 9.84 Å². The molecule has 3 rings (SSSR count). The first-order chi connectivity index (χ1) is 11.7. The highest BCUT2D eigenvalue weighted by Gasteiger charge is 2.25. The number of nitrogens with zero attached hydrogens (tertiary/aromatic N) is 1. The van der Waals surface area contributed by atoms with E-state index in [1.807, 2.05) is 0 Å². The number of alkyl halides is 1. The minimum absolute atomic E-state index is 0.0203. The topological polar surface area (TPSA) is 73.2 Å². The van der Waals surface area contributed by atoms with Crippen molar-refractivity contribution in [3.05, 3.63) is 65.9 Å². The Morgan fingerprint density at radius 1 is 0.960 bits per heavy atom. The lowest BCUT2D eigenvalue weighted by Crippen LogP contribution is -2.09. The van der Waals surface area contributed by atoms with Gasteiger partial charge in [0.1, 0.15) is 0 Å². The van der Waals surface area contributed by atoms with E-state index < -0.39 is 19.9 Å². The quantitative estimate of drug-likeness (QED) is 0.620. The summed E-state index contributed by atoms with van der Waals surface area (Å²) in [6, 6.07) is 13.7. The molecule has 0 aliphatic rings. The molecule has 0 N–H and O–H groups in total. The predicted octanol–water partition coefficient (Wildman–Crippen LogP) is 3.16. The summed E-state index contributed by atoms with van der Waals surface area (Å²) in [7, 11) is -7.41. The van der Waals surface area contributed by atoms with Crippen molar-refractivity contribution >= 4 is 42.4 Å². The maximum Gasteiger partial charge on any atom is 0.236 e. The molecular weight excluding hydrogens is 382 g/mol. The van der Waals surface area contributed by atoms with Crippen LogP contribution in [0.1, 0.15) is 11.1 Å². The van der Waals surface area contributed by atoms with Crippen molar-refractivity contribution in [2.45, 2.75) is 16.5 Å². The molecule has 0 saturated carbocycles. The minimum atomic E-state index is -3.76. The monoisotopic (exact) mass is 397 g/mol. The maximum absolute atomic E-state index is 13.0. The number of rotatable bonds is 5. The van der Waals surface area contributed by atoms with Gasteiger partial charge in [-0.25, -0.2) is 20.8 Å². The molecule has 3 aromatic rings. The second kappa shape index (κ2) is 6.48. The Hall–Kier alpha value is -1.83. The Labute approximate surface area is 151 Å². The first kappa shape index (κ1) is 18.0. The number of benzene rings is 2. The summed E-state index contributed by atoms with van der Waals surface area (Å²) in [5.74, 6) is -0.133. The second-order valence-electron chi connectivity index (χ2n) is 5.74. The molecule has 0 radical (unpaired) electrons. The summed E-state index contributed by atoms with van der Waals surface area (Å²) in [6.07, 6.45) is 2.21. The molecule has 2 aromatic carbocycles. The van der Waals surface area contributed by atoms with Crippen molar-refractivity contribution in [3.63, 3.8) is 0 Å². The molecule has 1 heterocycles. The van der Waals surface area contributed by atoms with Crippen LogP contribution in [0.15, 0.2) is 59.6 Å². The van der Waals surface area contributed by atoms with Crippen LogP contribution in [-0.2, 0) is 31.5 Å². The van der Waals surface area contributed by atoms with E-state index in [1.165, 1.54) is 6.20 Å². The molecule has 0 atom stereocenters. The molecule has 0 spiro atoms. The fraction of sp³-hybridized carbons (Fsp3) is 0.176. The number of hydrogen-bond donors (Lipinski definition) is 0. The third-order valence-electron chi connectivity index (χ3n) is 3.88. The van der Waals surface area contributed by atoms with Gasteiger partial charge in [-0.2, -0.15) is 0 Å². The summed E-state index contributed by atoms with van der Waals surface area (Å²) < 4.78 is 51.1. The van der Waals surface area contributed by atoms with Crippen LogP contribution in [0.4, 0.5) is 0 Å². The van der Waals surface area contributed by atoms with Crippen LogP contribution in [0.3, 0.4) is 0 Å². The molecule has 8 heteroatoms. The highest BCUT2D eigenvalue weighted by Crippen LogP contribution is 2.32. The lowest BCUT2D eigenvalue weighted by Gasteiger charge is -2.06. The summed E-state index contributed by atoms with van der Waals surface area (Å²) in [4.78, 5) is -0.0203. The summed E-state index contributed by atoms with van der Waals surface area (Å²) in [5.41, 5.74) is 1.52. The van der Waals surface area contributed by atoms with Crippen LogP contribution in [0.5, 0.6) is 0 Å². The molecule has 0 amide bonds. The highest BCUT2D eigenvalue weighted by molar-refractivity contribution is 7.91. The van der Waals surface area contributed by atoms with Crippen LogP contribution in [0.25, 0.3) is 10.9 Å². The van der Waals surface area contributed by atoms with E-state index in [0.29, 0.717) is 22.0 Å². The minimum Gasteiger partial charge on any atom is -0.244 e. The molecular formula is C17H16ClNO4S2. The Kier molecular flexibility index (Phi) is 4.66. The van der Waals surface area contributed by atoms with Crippen LogP contribution in [-0.4, -0.2) is 27.1 Å². The number of halogens is 1. The molecule has 5 nitrogen and oxygen atoms in total. The van der Waals surface area contributed by atoms with E-state index in [2.05, 4.69) is 0 Å². The van der Waals surface area contributed by atoms with Gasteiger partial charge in [-0.1, -0.05) is 42.5 Å². The van der Waals surface area contributed by atoms with Gasteiger partial charge in [0.2, 0.25) is 10.0 Å². The van der Waals surface area contributed by atoms with Crippen molar-refractivity contribution in [3.8, 4) is 0 Å². The average molecular weight is 398 g/mol. The Morgan fingerprint density at radius 2 is 1.64 bits per heavy atom. The lowest BCUT2D eigenvalue weighted by molar-refractivity contribution is 0.594. The van der Waals surface area contributed by atoms with Crippen LogP contribution < -0.4 is 0 Å². The van der Waals surface area contributed by atoms with Crippen LogP contribution in [0.2, 0.25) is 0 Å². The zero-order chi connectivity index (χ0) is 18.2. The van der Waals surface area contributed by atoms with Crippen molar-refractivity contribution in [2.24, 2.45) is 0 Å². The van der Waals surface area contributed by atoms with E-state index in [1.54, 1.807) is 48.5 Å². The van der Waals surface area contributed by atoms with E-state index in [0.717, 1.165) is 10.2 Å². The van der Waals surface area contributed by atoms with Crippen molar-refractivity contribution in [2.75, 3.05) is 6.26 Å². The molecule has 0 saturated heterocycles. The zero-order valence-electron chi connectivity index (χ0n) is 13.4. The van der Waals surface area contributed by atoms with Crippen molar-refractivity contribution in [1.29, 1.82) is 0 Å². The fourth-order valence-corrected chi connectivity index (χ4v) is 5.48. The largest absolute Gasteiger partial charge is 0.244 e. The highest BCUT2D eigenvalue weighted by atomic mass is 35.5. The number of hydrogen-bond acceptors (Lipinski definition) is 4. The molecule has 132 valence electrons. The van der Waals surface area contributed by atoms with Gasteiger partial charge < -0.3 is 0 Å². The summed E-state index contributed by atoms with van der Waals surface area (Å²) in [6.45, 7) is 0. The Morgan fingerprint density at radius 3 is 2.24 bits per heavy atom. The van der Waals surface area contributed by atoms with E-state index in [4.69, 9.17) is 11.6 Å². The smallest absolute Gasteiger partial charge is 0.236 e. The lowest BCUT2D eigenvalue weighted by atomic mass is 10.1. The number of sulfone groups is 1. The van der Waals surface area contributed by atoms with Crippen molar-refractivity contribution < 1.29 is 16.8 Å². The predicted molar refractivity (Wildman–Crippen MR) is 99.1 cm³/mol. The maximum atomic E-state index is 13.0. The summed E-state index contributed by atoms with van der Waals surface area (Å²) >= 11 is 5.96. The van der Waals surface area contributed by atoms with Gasteiger partial charge in [0, 0.05) is 17.5 Å². The van der Waals surface area contributed by atoms with Gasteiger partial charge in [0.05, 0.1) is 22.4 Å². The normalized spacial score (nSPS) is 12.6. The third kappa shape index (κ3) is 3.44. The first-order valence-corrected chi connectivity index (χ1v) is 11.4. The zero-order valence-corrected chi connectivity index (χ0v) is 15.8. The van der Waals surface area contributed by atoms with E-state index in [-0.39, 0.29) is 16.5 Å². The Balaban J connectivity index is 2.29. The first-order valence-electron chi connectivity index (χ1n) is 7.40. The average Bonchev–Trinajstić information content (AvgIpc) is 2.96. The van der Waals surface area contributed by atoms with Gasteiger partial charge in [-0.05, 0) is 17.2 Å². The summed E-state index contributed by atoms with van der Waals surface area (Å²) in [5, 5.41) is 0.360. The van der Waals surface area contributed by atoms with Crippen LogP contribution in [0, 0.1) is 0 Å². The third-order valence-corrected chi connectivity index (χ3v) is 6.88. The Bertz CT molecular complexity index is 1130. The SMILES string of the molecule is CS(=O)(=O)n1cc(S(=O)(=O)Cc2ccccc2)c2c(CCl)cccc21. The molecule has 25 heavy (non-hydrogen) atoms.